The van der Waals surface area contributed by atoms with Gasteiger partial charge in [0.15, 0.2) is 0 Å². The Kier molecular flexibility index (Phi) is 2.60. The van der Waals surface area contributed by atoms with E-state index in [1.165, 1.54) is 0 Å². The summed E-state index contributed by atoms with van der Waals surface area (Å²) in [6.45, 7) is 4.11. The van der Waals surface area contributed by atoms with E-state index in [-0.39, 0.29) is 0 Å². The molecule has 3 heterocycles. The maximum absolute atomic E-state index is 5.34. The summed E-state index contributed by atoms with van der Waals surface area (Å²) in [5, 5.41) is 7.34. The fourth-order valence-electron chi connectivity index (χ4n) is 2.14. The number of nitrogens with one attached hydrogen (secondary N) is 1. The number of hydrogen-bond acceptors (Lipinski definition) is 5. The summed E-state index contributed by atoms with van der Waals surface area (Å²) in [5.74, 6) is 2.21. The highest BCUT2D eigenvalue weighted by Gasteiger charge is 2.29. The van der Waals surface area contributed by atoms with Crippen LogP contribution in [-0.2, 0) is 0 Å². The van der Waals surface area contributed by atoms with Gasteiger partial charge in [0, 0.05) is 24.5 Å². The van der Waals surface area contributed by atoms with Crippen LogP contribution in [0.5, 0.6) is 0 Å². The van der Waals surface area contributed by atoms with Crippen LogP contribution in [0.15, 0.2) is 29.0 Å². The third kappa shape index (κ3) is 1.93. The fourth-order valence-corrected chi connectivity index (χ4v) is 2.14. The van der Waals surface area contributed by atoms with Crippen molar-refractivity contribution in [3.05, 3.63) is 30.4 Å². The van der Waals surface area contributed by atoms with Gasteiger partial charge in [0.05, 0.1) is 5.92 Å². The molecular formula is C12H14N4O. The number of rotatable bonds is 2. The molecular weight excluding hydrogens is 216 g/mol. The summed E-state index contributed by atoms with van der Waals surface area (Å²) in [5.41, 5.74) is 0.890. The summed E-state index contributed by atoms with van der Waals surface area (Å²) in [7, 11) is 0. The Bertz CT molecular complexity index is 496. The molecule has 88 valence electrons. The van der Waals surface area contributed by atoms with Crippen LogP contribution in [0, 0.1) is 5.92 Å². The number of hydrogen-bond donors (Lipinski definition) is 1. The molecule has 3 rings (SSSR count). The Balaban J connectivity index is 1.88. The van der Waals surface area contributed by atoms with Gasteiger partial charge < -0.3 is 9.84 Å². The van der Waals surface area contributed by atoms with E-state index < -0.39 is 0 Å². The zero-order chi connectivity index (χ0) is 11.7. The zero-order valence-corrected chi connectivity index (χ0v) is 9.63. The smallest absolute Gasteiger partial charge is 0.231 e. The molecule has 0 unspecified atom stereocenters. The van der Waals surface area contributed by atoms with Crippen molar-refractivity contribution in [3.63, 3.8) is 0 Å². The van der Waals surface area contributed by atoms with E-state index in [1.54, 1.807) is 12.4 Å². The first-order valence-corrected chi connectivity index (χ1v) is 5.79. The third-order valence-corrected chi connectivity index (χ3v) is 3.20. The molecule has 5 nitrogen and oxygen atoms in total. The van der Waals surface area contributed by atoms with Crippen LogP contribution >= 0.6 is 0 Å². The summed E-state index contributed by atoms with van der Waals surface area (Å²) in [6.07, 6.45) is 3.47. The zero-order valence-electron chi connectivity index (χ0n) is 9.63. The van der Waals surface area contributed by atoms with Gasteiger partial charge >= 0.3 is 0 Å². The number of pyridine rings is 1. The quantitative estimate of drug-likeness (QED) is 0.846. The molecule has 1 fully saturated rings. The largest absolute Gasteiger partial charge is 0.339 e. The van der Waals surface area contributed by atoms with Crippen LogP contribution in [0.25, 0.3) is 11.4 Å². The lowest BCUT2D eigenvalue weighted by molar-refractivity contribution is 0.340. The van der Waals surface area contributed by atoms with Crippen LogP contribution in [0.4, 0.5) is 0 Å². The highest BCUT2D eigenvalue weighted by molar-refractivity contribution is 5.51. The van der Waals surface area contributed by atoms with E-state index in [2.05, 4.69) is 27.4 Å². The van der Waals surface area contributed by atoms with Crippen LogP contribution in [0.3, 0.4) is 0 Å². The van der Waals surface area contributed by atoms with E-state index in [1.807, 2.05) is 12.1 Å². The standard InChI is InChI=1S/C12H14N4O/c1-8-5-14-7-10(8)12-15-11(16-17-12)9-3-2-4-13-6-9/h2-4,6,8,10,14H,5,7H2,1H3/t8-,10-/m1/s1. The van der Waals surface area contributed by atoms with E-state index in [9.17, 15) is 0 Å². The molecule has 2 aromatic rings. The predicted octanol–water partition coefficient (Wildman–Crippen LogP) is 1.45. The number of aromatic nitrogens is 3. The average molecular weight is 230 g/mol. The van der Waals surface area contributed by atoms with Crippen molar-refractivity contribution >= 4 is 0 Å². The molecule has 0 amide bonds. The van der Waals surface area contributed by atoms with E-state index >= 15 is 0 Å². The van der Waals surface area contributed by atoms with Crippen molar-refractivity contribution in [3.8, 4) is 11.4 Å². The average Bonchev–Trinajstić information content (AvgIpc) is 2.98. The first kappa shape index (κ1) is 10.4. The molecule has 0 bridgehead atoms. The third-order valence-electron chi connectivity index (χ3n) is 3.20. The minimum atomic E-state index is 0.327. The van der Waals surface area contributed by atoms with Crippen LogP contribution in [0.2, 0.25) is 0 Å². The molecule has 1 aliphatic rings. The van der Waals surface area contributed by atoms with Crippen molar-refractivity contribution in [2.45, 2.75) is 12.8 Å². The Morgan fingerprint density at radius 3 is 3.06 bits per heavy atom. The van der Waals surface area contributed by atoms with E-state index in [4.69, 9.17) is 4.52 Å². The van der Waals surface area contributed by atoms with Gasteiger partial charge in [-0.1, -0.05) is 12.1 Å². The molecule has 2 aromatic heterocycles. The Morgan fingerprint density at radius 2 is 2.35 bits per heavy atom. The molecule has 2 atom stereocenters. The molecule has 1 aliphatic heterocycles. The number of nitrogens with zero attached hydrogens (tertiary/aromatic N) is 3. The van der Waals surface area contributed by atoms with Crippen molar-refractivity contribution in [2.24, 2.45) is 5.92 Å². The van der Waals surface area contributed by atoms with Gasteiger partial charge in [0.2, 0.25) is 11.7 Å². The molecule has 1 N–H and O–H groups in total. The predicted molar refractivity (Wildman–Crippen MR) is 62.3 cm³/mol. The molecule has 1 saturated heterocycles. The van der Waals surface area contributed by atoms with Crippen molar-refractivity contribution in [1.29, 1.82) is 0 Å². The topological polar surface area (TPSA) is 63.8 Å². The highest BCUT2D eigenvalue weighted by Crippen LogP contribution is 2.27. The van der Waals surface area contributed by atoms with Crippen molar-refractivity contribution < 1.29 is 4.52 Å². The molecule has 0 spiro atoms. The first-order chi connectivity index (χ1) is 8.34. The molecule has 0 radical (unpaired) electrons. The maximum atomic E-state index is 5.34. The van der Waals surface area contributed by atoms with Crippen molar-refractivity contribution in [1.82, 2.24) is 20.4 Å². The summed E-state index contributed by atoms with van der Waals surface area (Å²) in [6, 6.07) is 3.79. The second-order valence-corrected chi connectivity index (χ2v) is 4.44. The molecule has 17 heavy (non-hydrogen) atoms. The van der Waals surface area contributed by atoms with E-state index in [0.717, 1.165) is 24.5 Å². The highest BCUT2D eigenvalue weighted by atomic mass is 16.5. The monoisotopic (exact) mass is 230 g/mol. The fraction of sp³-hybridized carbons (Fsp3) is 0.417. The Morgan fingerprint density at radius 1 is 1.41 bits per heavy atom. The van der Waals surface area contributed by atoms with Gasteiger partial charge in [-0.15, -0.1) is 0 Å². The Hall–Kier alpha value is -1.75. The lowest BCUT2D eigenvalue weighted by atomic mass is 9.98. The normalized spacial score (nSPS) is 24.1. The van der Waals surface area contributed by atoms with E-state index in [0.29, 0.717) is 17.7 Å². The minimum absolute atomic E-state index is 0.327. The van der Waals surface area contributed by atoms with Gasteiger partial charge in [0.1, 0.15) is 0 Å². The molecule has 5 heteroatoms. The minimum Gasteiger partial charge on any atom is -0.339 e. The first-order valence-electron chi connectivity index (χ1n) is 5.79. The second kappa shape index (κ2) is 4.25. The van der Waals surface area contributed by atoms with Gasteiger partial charge in [-0.05, 0) is 24.6 Å². The molecule has 0 saturated carbocycles. The van der Waals surface area contributed by atoms with Crippen LogP contribution in [0.1, 0.15) is 18.7 Å². The lowest BCUT2D eigenvalue weighted by Gasteiger charge is -2.07. The SMILES string of the molecule is C[C@@H]1CNC[C@H]1c1nc(-c2cccnc2)no1. The second-order valence-electron chi connectivity index (χ2n) is 4.44. The summed E-state index contributed by atoms with van der Waals surface area (Å²) in [4.78, 5) is 8.50. The Labute approximate surface area is 99.3 Å². The summed E-state index contributed by atoms with van der Waals surface area (Å²) >= 11 is 0. The van der Waals surface area contributed by atoms with Gasteiger partial charge in [-0.25, -0.2) is 0 Å². The van der Waals surface area contributed by atoms with Crippen molar-refractivity contribution in [2.75, 3.05) is 13.1 Å². The van der Waals surface area contributed by atoms with Crippen LogP contribution in [-0.4, -0.2) is 28.2 Å². The summed E-state index contributed by atoms with van der Waals surface area (Å²) < 4.78 is 5.34. The van der Waals surface area contributed by atoms with Gasteiger partial charge in [-0.3, -0.25) is 4.98 Å². The molecule has 0 aromatic carbocycles. The molecule has 0 aliphatic carbocycles. The van der Waals surface area contributed by atoms with Crippen LogP contribution < -0.4 is 5.32 Å². The van der Waals surface area contributed by atoms with Gasteiger partial charge in [0.25, 0.3) is 0 Å². The lowest BCUT2D eigenvalue weighted by Crippen LogP contribution is -2.08. The van der Waals surface area contributed by atoms with Gasteiger partial charge in [-0.2, -0.15) is 4.98 Å². The maximum Gasteiger partial charge on any atom is 0.231 e.